The van der Waals surface area contributed by atoms with Crippen molar-refractivity contribution in [1.29, 1.82) is 0 Å². The maximum Gasteiger partial charge on any atom is 0.335 e. The lowest BCUT2D eigenvalue weighted by atomic mass is 9.74. The number of rotatable bonds is 6. The van der Waals surface area contributed by atoms with Gasteiger partial charge in [-0.15, -0.1) is 0 Å². The van der Waals surface area contributed by atoms with Crippen molar-refractivity contribution in [3.05, 3.63) is 93.7 Å². The molecular weight excluding hydrogens is 461 g/mol. The van der Waals surface area contributed by atoms with E-state index in [-0.39, 0.29) is 12.8 Å². The predicted molar refractivity (Wildman–Crippen MR) is 127 cm³/mol. The molecule has 0 saturated carbocycles. The number of nitrogens with zero attached hydrogens (tertiary/aromatic N) is 2. The number of anilines is 1. The summed E-state index contributed by atoms with van der Waals surface area (Å²) in [4.78, 5) is 45.6. The lowest BCUT2D eigenvalue weighted by Crippen LogP contribution is -2.65. The third-order valence-electron chi connectivity index (χ3n) is 5.90. The van der Waals surface area contributed by atoms with E-state index in [1.165, 1.54) is 0 Å². The minimum atomic E-state index is -1.61. The first-order valence-corrected chi connectivity index (χ1v) is 11.2. The summed E-state index contributed by atoms with van der Waals surface area (Å²) in [5.74, 6) is -1.29. The number of aromatic nitrogens is 1. The number of imide groups is 2. The van der Waals surface area contributed by atoms with E-state index in [4.69, 9.17) is 23.2 Å². The van der Waals surface area contributed by atoms with Crippen LogP contribution in [0.4, 0.5) is 10.5 Å². The highest BCUT2D eigenvalue weighted by Crippen LogP contribution is 2.40. The molecule has 1 aromatic heterocycles. The molecule has 1 aliphatic rings. The number of amides is 4. The molecule has 0 spiro atoms. The van der Waals surface area contributed by atoms with Crippen molar-refractivity contribution in [3.63, 3.8) is 0 Å². The Labute approximate surface area is 201 Å². The van der Waals surface area contributed by atoms with Crippen LogP contribution < -0.4 is 10.2 Å². The van der Waals surface area contributed by atoms with Crippen molar-refractivity contribution in [2.24, 2.45) is 5.41 Å². The molecule has 1 aliphatic heterocycles. The van der Waals surface area contributed by atoms with Gasteiger partial charge >= 0.3 is 6.03 Å². The fraction of sp³-hybridized carbons (Fsp3) is 0.200. The van der Waals surface area contributed by atoms with Crippen molar-refractivity contribution in [3.8, 4) is 0 Å². The number of aryl methyl sites for hydroxylation is 2. The minimum Gasteiger partial charge on any atom is -0.276 e. The summed E-state index contributed by atoms with van der Waals surface area (Å²) in [5.41, 5.74) is 0.735. The van der Waals surface area contributed by atoms with Crippen LogP contribution >= 0.6 is 23.2 Å². The van der Waals surface area contributed by atoms with E-state index in [1.54, 1.807) is 55.6 Å². The van der Waals surface area contributed by atoms with Crippen molar-refractivity contribution < 1.29 is 14.4 Å². The van der Waals surface area contributed by atoms with Gasteiger partial charge in [-0.05, 0) is 67.6 Å². The minimum absolute atomic E-state index is 0.0569. The molecule has 2 aromatic carbocycles. The second kappa shape index (κ2) is 9.33. The van der Waals surface area contributed by atoms with Gasteiger partial charge in [-0.3, -0.25) is 19.9 Å². The van der Waals surface area contributed by atoms with Crippen molar-refractivity contribution >= 4 is 46.7 Å². The van der Waals surface area contributed by atoms with Crippen LogP contribution in [0, 0.1) is 12.3 Å². The molecule has 6 nitrogen and oxygen atoms in total. The summed E-state index contributed by atoms with van der Waals surface area (Å²) in [5, 5.41) is 3.09. The molecule has 168 valence electrons. The molecular formula is C25H21Cl2N3O3. The number of nitrogens with one attached hydrogen (secondary N) is 1. The summed E-state index contributed by atoms with van der Waals surface area (Å²) in [6.07, 6.45) is 2.06. The summed E-state index contributed by atoms with van der Waals surface area (Å²) in [6, 6.07) is 16.7. The summed E-state index contributed by atoms with van der Waals surface area (Å²) in [7, 11) is 0. The first-order chi connectivity index (χ1) is 15.8. The number of para-hydroxylation sites is 1. The Kier molecular flexibility index (Phi) is 6.49. The van der Waals surface area contributed by atoms with E-state index in [0.29, 0.717) is 27.7 Å². The molecule has 0 aliphatic carbocycles. The summed E-state index contributed by atoms with van der Waals surface area (Å²) >= 11 is 12.8. The smallest absolute Gasteiger partial charge is 0.276 e. The van der Waals surface area contributed by atoms with Gasteiger partial charge in [-0.1, -0.05) is 53.5 Å². The third kappa shape index (κ3) is 4.36. The largest absolute Gasteiger partial charge is 0.335 e. The van der Waals surface area contributed by atoms with E-state index in [0.717, 1.165) is 16.2 Å². The lowest BCUT2D eigenvalue weighted by molar-refractivity contribution is -0.143. The van der Waals surface area contributed by atoms with Crippen LogP contribution in [0.25, 0.3) is 0 Å². The number of pyridine rings is 1. The number of urea groups is 1. The van der Waals surface area contributed by atoms with Gasteiger partial charge in [0, 0.05) is 21.9 Å². The molecule has 4 amide bonds. The topological polar surface area (TPSA) is 79.4 Å². The van der Waals surface area contributed by atoms with Crippen LogP contribution in [0.3, 0.4) is 0 Å². The fourth-order valence-corrected chi connectivity index (χ4v) is 4.60. The summed E-state index contributed by atoms with van der Waals surface area (Å²) in [6.45, 7) is 1.80. The van der Waals surface area contributed by atoms with Gasteiger partial charge < -0.3 is 0 Å². The monoisotopic (exact) mass is 481 g/mol. The molecule has 3 aromatic rings. The number of carbonyl (C=O) groups is 3. The van der Waals surface area contributed by atoms with Crippen molar-refractivity contribution in [2.45, 2.75) is 26.2 Å². The normalized spacial score (nSPS) is 18.4. The Morgan fingerprint density at radius 2 is 1.64 bits per heavy atom. The van der Waals surface area contributed by atoms with Gasteiger partial charge in [0.15, 0.2) is 0 Å². The number of barbiturate groups is 1. The average Bonchev–Trinajstić information content (AvgIpc) is 2.80. The maximum atomic E-state index is 14.0. The van der Waals surface area contributed by atoms with Gasteiger partial charge in [-0.25, -0.2) is 9.69 Å². The first kappa shape index (κ1) is 23.0. The molecule has 33 heavy (non-hydrogen) atoms. The van der Waals surface area contributed by atoms with Crippen LogP contribution in [0.2, 0.25) is 10.0 Å². The van der Waals surface area contributed by atoms with E-state index in [2.05, 4.69) is 10.3 Å². The molecule has 4 rings (SSSR count). The number of hydrogen-bond acceptors (Lipinski definition) is 4. The standard InChI is InChI=1S/C25H21Cl2N3O3/c1-16-7-2-3-11-21(16)30-23(32)25(22(31)29-24(30)33,13-12-17-8-4-5-14-28-17)15-18-19(26)9-6-10-20(18)27/h2-11,14H,12-13,15H2,1H3,(H,29,31,33)/t25-/m1/s1. The molecule has 0 radical (unpaired) electrons. The Balaban J connectivity index is 1.82. The van der Waals surface area contributed by atoms with Crippen LogP contribution in [0.1, 0.15) is 23.2 Å². The van der Waals surface area contributed by atoms with Gasteiger partial charge in [0.1, 0.15) is 5.41 Å². The molecule has 1 N–H and O–H groups in total. The van der Waals surface area contributed by atoms with Crippen LogP contribution in [0.15, 0.2) is 66.9 Å². The van der Waals surface area contributed by atoms with Crippen molar-refractivity contribution in [2.75, 3.05) is 4.90 Å². The zero-order valence-electron chi connectivity index (χ0n) is 17.8. The SMILES string of the molecule is Cc1ccccc1N1C(=O)NC(=O)[C@@](CCc2ccccn2)(Cc2c(Cl)cccc2Cl)C1=O. The summed E-state index contributed by atoms with van der Waals surface area (Å²) < 4.78 is 0. The number of halogens is 2. The highest BCUT2D eigenvalue weighted by Gasteiger charge is 2.54. The first-order valence-electron chi connectivity index (χ1n) is 10.4. The van der Waals surface area contributed by atoms with E-state index < -0.39 is 23.3 Å². The van der Waals surface area contributed by atoms with Gasteiger partial charge in [0.25, 0.3) is 5.91 Å². The van der Waals surface area contributed by atoms with Crippen molar-refractivity contribution in [1.82, 2.24) is 10.3 Å². The van der Waals surface area contributed by atoms with Gasteiger partial charge in [0.2, 0.25) is 5.91 Å². The quantitative estimate of drug-likeness (QED) is 0.494. The van der Waals surface area contributed by atoms with Crippen LogP contribution in [-0.2, 0) is 22.4 Å². The Hall–Kier alpha value is -3.22. The average molecular weight is 482 g/mol. The van der Waals surface area contributed by atoms with Gasteiger partial charge in [0.05, 0.1) is 5.69 Å². The third-order valence-corrected chi connectivity index (χ3v) is 6.61. The predicted octanol–water partition coefficient (Wildman–Crippen LogP) is 5.14. The Morgan fingerprint density at radius 1 is 0.939 bits per heavy atom. The van der Waals surface area contributed by atoms with E-state index in [9.17, 15) is 14.4 Å². The molecule has 2 heterocycles. The molecule has 1 fully saturated rings. The Morgan fingerprint density at radius 3 is 2.30 bits per heavy atom. The number of benzene rings is 2. The fourth-order valence-electron chi connectivity index (χ4n) is 4.06. The lowest BCUT2D eigenvalue weighted by Gasteiger charge is -2.40. The maximum absolute atomic E-state index is 14.0. The second-order valence-corrected chi connectivity index (χ2v) is 8.78. The van der Waals surface area contributed by atoms with E-state index in [1.807, 2.05) is 18.2 Å². The highest BCUT2D eigenvalue weighted by atomic mass is 35.5. The number of hydrogen-bond donors (Lipinski definition) is 1. The molecule has 0 bridgehead atoms. The Bertz CT molecular complexity index is 1210. The zero-order chi connectivity index (χ0) is 23.6. The van der Waals surface area contributed by atoms with E-state index >= 15 is 0 Å². The molecule has 8 heteroatoms. The van der Waals surface area contributed by atoms with Crippen LogP contribution in [-0.4, -0.2) is 22.8 Å². The highest BCUT2D eigenvalue weighted by molar-refractivity contribution is 6.36. The molecule has 0 unspecified atom stereocenters. The second-order valence-electron chi connectivity index (χ2n) is 7.97. The molecule has 1 atom stereocenters. The van der Waals surface area contributed by atoms with Crippen LogP contribution in [0.5, 0.6) is 0 Å². The number of carbonyl (C=O) groups excluding carboxylic acids is 3. The zero-order valence-corrected chi connectivity index (χ0v) is 19.4. The van der Waals surface area contributed by atoms with Gasteiger partial charge in [-0.2, -0.15) is 0 Å². The molecule has 1 saturated heterocycles.